The summed E-state index contributed by atoms with van der Waals surface area (Å²) in [7, 11) is 0. The van der Waals surface area contributed by atoms with Crippen molar-refractivity contribution in [3.8, 4) is 11.8 Å². The van der Waals surface area contributed by atoms with Crippen molar-refractivity contribution in [2.45, 2.75) is 19.4 Å². The molecule has 6 heteroatoms. The zero-order valence-electron chi connectivity index (χ0n) is 14.3. The average molecular weight is 345 g/mol. The lowest BCUT2D eigenvalue weighted by atomic mass is 10.2. The molecule has 3 rings (SSSR count). The second-order valence-electron chi connectivity index (χ2n) is 5.71. The largest absolute Gasteiger partial charge is 0.494 e. The highest BCUT2D eigenvalue weighted by atomic mass is 16.5. The summed E-state index contributed by atoms with van der Waals surface area (Å²) < 4.78 is 7.80. The minimum atomic E-state index is 0.607. The van der Waals surface area contributed by atoms with E-state index < -0.39 is 0 Å². The molecule has 2 aromatic carbocycles. The zero-order chi connectivity index (χ0) is 18.0. The molecular weight excluding hydrogens is 326 g/mol. The molecule has 0 bridgehead atoms. The fraction of sp³-hybridized carbons (Fsp3) is 0.200. The molecule has 26 heavy (non-hydrogen) atoms. The average Bonchev–Trinajstić information content (AvgIpc) is 3.21. The lowest BCUT2D eigenvalue weighted by Crippen LogP contribution is -2.00. The van der Waals surface area contributed by atoms with Gasteiger partial charge in [-0.05, 0) is 61.4 Å². The number of nitriles is 1. The van der Waals surface area contributed by atoms with Gasteiger partial charge < -0.3 is 9.30 Å². The fourth-order valence-corrected chi connectivity index (χ4v) is 2.33. The molecule has 0 aliphatic heterocycles. The van der Waals surface area contributed by atoms with Crippen LogP contribution in [0, 0.1) is 11.3 Å². The smallest absolute Gasteiger partial charge is 0.119 e. The third kappa shape index (κ3) is 5.28. The van der Waals surface area contributed by atoms with Crippen LogP contribution in [0.3, 0.4) is 0 Å². The van der Waals surface area contributed by atoms with Crippen LogP contribution in [0.5, 0.6) is 5.75 Å². The number of benzene rings is 2. The van der Waals surface area contributed by atoms with Gasteiger partial charge in [-0.3, -0.25) is 0 Å². The van der Waals surface area contributed by atoms with Crippen molar-refractivity contribution in [1.82, 2.24) is 9.55 Å². The van der Waals surface area contributed by atoms with E-state index in [-0.39, 0.29) is 0 Å². The van der Waals surface area contributed by atoms with Crippen molar-refractivity contribution in [2.24, 2.45) is 10.2 Å². The summed E-state index contributed by atoms with van der Waals surface area (Å²) >= 11 is 0. The molecule has 0 unspecified atom stereocenters. The van der Waals surface area contributed by atoms with Crippen LogP contribution in [0.25, 0.3) is 0 Å². The summed E-state index contributed by atoms with van der Waals surface area (Å²) in [6, 6.07) is 16.6. The fourth-order valence-electron chi connectivity index (χ4n) is 2.33. The van der Waals surface area contributed by atoms with Gasteiger partial charge in [-0.2, -0.15) is 15.5 Å². The molecule has 0 amide bonds. The number of rotatable bonds is 8. The molecular formula is C20H19N5O. The predicted molar refractivity (Wildman–Crippen MR) is 98.7 cm³/mol. The number of nitrogens with zero attached hydrogens (tertiary/aromatic N) is 5. The van der Waals surface area contributed by atoms with Gasteiger partial charge in [0.15, 0.2) is 0 Å². The first-order valence-electron chi connectivity index (χ1n) is 8.44. The van der Waals surface area contributed by atoms with Crippen molar-refractivity contribution < 1.29 is 4.74 Å². The normalized spacial score (nSPS) is 10.7. The second kappa shape index (κ2) is 9.14. The maximum absolute atomic E-state index is 8.78. The third-order valence-corrected chi connectivity index (χ3v) is 3.75. The molecule has 0 aliphatic carbocycles. The number of ether oxygens (including phenoxy) is 1. The Hall–Kier alpha value is -3.46. The highest BCUT2D eigenvalue weighted by Gasteiger charge is 1.97. The van der Waals surface area contributed by atoms with Gasteiger partial charge in [0.1, 0.15) is 5.75 Å². The van der Waals surface area contributed by atoms with Crippen LogP contribution in [0.15, 0.2) is 77.5 Å². The zero-order valence-corrected chi connectivity index (χ0v) is 14.3. The first-order chi connectivity index (χ1) is 12.8. The van der Waals surface area contributed by atoms with Gasteiger partial charge in [-0.1, -0.05) is 0 Å². The van der Waals surface area contributed by atoms with Crippen LogP contribution in [-0.4, -0.2) is 16.2 Å². The van der Waals surface area contributed by atoms with Gasteiger partial charge in [0.25, 0.3) is 0 Å². The number of hydrogen-bond acceptors (Lipinski definition) is 5. The van der Waals surface area contributed by atoms with Crippen LogP contribution >= 0.6 is 0 Å². The lowest BCUT2D eigenvalue weighted by molar-refractivity contribution is 0.303. The number of imidazole rings is 1. The number of azo groups is 1. The van der Waals surface area contributed by atoms with E-state index in [0.717, 1.165) is 30.8 Å². The predicted octanol–water partition coefficient (Wildman–Crippen LogP) is 5.03. The number of unbranched alkanes of at least 4 members (excludes halogenated alkanes) is 1. The first-order valence-corrected chi connectivity index (χ1v) is 8.44. The van der Waals surface area contributed by atoms with E-state index in [2.05, 4.69) is 25.8 Å². The van der Waals surface area contributed by atoms with Crippen molar-refractivity contribution in [3.63, 3.8) is 0 Å². The number of aromatic nitrogens is 2. The lowest BCUT2D eigenvalue weighted by Gasteiger charge is -2.06. The molecule has 0 fully saturated rings. The Labute approximate surface area is 152 Å². The molecule has 0 radical (unpaired) electrons. The Morgan fingerprint density at radius 1 is 0.962 bits per heavy atom. The summed E-state index contributed by atoms with van der Waals surface area (Å²) in [5, 5.41) is 17.1. The summed E-state index contributed by atoms with van der Waals surface area (Å²) in [5.41, 5.74) is 2.07. The van der Waals surface area contributed by atoms with E-state index in [9.17, 15) is 0 Å². The summed E-state index contributed by atoms with van der Waals surface area (Å²) in [5.74, 6) is 0.824. The molecule has 0 saturated heterocycles. The maximum atomic E-state index is 8.78. The van der Waals surface area contributed by atoms with Crippen LogP contribution in [0.1, 0.15) is 18.4 Å². The van der Waals surface area contributed by atoms with Gasteiger partial charge >= 0.3 is 0 Å². The van der Waals surface area contributed by atoms with Crippen molar-refractivity contribution in [1.29, 1.82) is 5.26 Å². The molecule has 0 atom stereocenters. The first kappa shape index (κ1) is 17.4. The minimum absolute atomic E-state index is 0.607. The molecule has 1 heterocycles. The van der Waals surface area contributed by atoms with Gasteiger partial charge in [-0.25, -0.2) is 4.98 Å². The SMILES string of the molecule is N#Cc1ccc(N=Nc2ccc(OCCCCn3ccnc3)cc2)cc1. The van der Waals surface area contributed by atoms with Crippen molar-refractivity contribution in [3.05, 3.63) is 72.8 Å². The molecule has 1 aromatic heterocycles. The topological polar surface area (TPSA) is 75.6 Å². The summed E-state index contributed by atoms with van der Waals surface area (Å²) in [6.45, 7) is 1.64. The minimum Gasteiger partial charge on any atom is -0.494 e. The van der Waals surface area contributed by atoms with E-state index in [1.807, 2.05) is 36.8 Å². The molecule has 130 valence electrons. The van der Waals surface area contributed by atoms with Gasteiger partial charge in [0.2, 0.25) is 0 Å². The quantitative estimate of drug-likeness (QED) is 0.424. The Bertz CT molecular complexity index is 862. The number of aryl methyl sites for hydroxylation is 1. The molecule has 0 saturated carbocycles. The molecule has 0 N–H and O–H groups in total. The van der Waals surface area contributed by atoms with E-state index in [4.69, 9.17) is 10.00 Å². The van der Waals surface area contributed by atoms with Gasteiger partial charge in [-0.15, -0.1) is 0 Å². The Morgan fingerprint density at radius 2 is 1.65 bits per heavy atom. The van der Waals surface area contributed by atoms with Gasteiger partial charge in [0, 0.05) is 18.9 Å². The molecule has 0 spiro atoms. The maximum Gasteiger partial charge on any atom is 0.119 e. The summed E-state index contributed by atoms with van der Waals surface area (Å²) in [6.07, 6.45) is 7.61. The molecule has 6 nitrogen and oxygen atoms in total. The summed E-state index contributed by atoms with van der Waals surface area (Å²) in [4.78, 5) is 4.02. The van der Waals surface area contributed by atoms with E-state index in [1.54, 1.807) is 30.5 Å². The van der Waals surface area contributed by atoms with E-state index >= 15 is 0 Å². The highest BCUT2D eigenvalue weighted by molar-refractivity contribution is 5.44. The Morgan fingerprint density at radius 3 is 2.27 bits per heavy atom. The molecule has 3 aromatic rings. The van der Waals surface area contributed by atoms with Gasteiger partial charge in [0.05, 0.1) is 35.9 Å². The monoisotopic (exact) mass is 345 g/mol. The standard InChI is InChI=1S/C20H19N5O/c21-15-17-3-5-18(6-4-17)23-24-19-7-9-20(10-8-19)26-14-2-1-12-25-13-11-22-16-25/h3-11,13,16H,1-2,12,14H2. The highest BCUT2D eigenvalue weighted by Crippen LogP contribution is 2.21. The van der Waals surface area contributed by atoms with Crippen LogP contribution in [0.2, 0.25) is 0 Å². The number of hydrogen-bond donors (Lipinski definition) is 0. The van der Waals surface area contributed by atoms with Crippen LogP contribution in [0.4, 0.5) is 11.4 Å². The van der Waals surface area contributed by atoms with Crippen LogP contribution < -0.4 is 4.74 Å². The Balaban J connectivity index is 1.42. The van der Waals surface area contributed by atoms with E-state index in [1.165, 1.54) is 0 Å². The van der Waals surface area contributed by atoms with Crippen molar-refractivity contribution in [2.75, 3.05) is 6.61 Å². The third-order valence-electron chi connectivity index (χ3n) is 3.75. The molecule has 0 aliphatic rings. The van der Waals surface area contributed by atoms with Crippen molar-refractivity contribution >= 4 is 11.4 Å². The Kier molecular flexibility index (Phi) is 6.10. The second-order valence-corrected chi connectivity index (χ2v) is 5.71. The van der Waals surface area contributed by atoms with Crippen LogP contribution in [-0.2, 0) is 6.54 Å². The van der Waals surface area contributed by atoms with E-state index in [0.29, 0.717) is 17.9 Å².